The van der Waals surface area contributed by atoms with E-state index < -0.39 is 0 Å². The maximum absolute atomic E-state index is 12.5. The van der Waals surface area contributed by atoms with Gasteiger partial charge in [-0.3, -0.25) is 4.79 Å². The first-order valence-corrected chi connectivity index (χ1v) is 8.86. The third kappa shape index (κ3) is 2.82. The van der Waals surface area contributed by atoms with E-state index in [1.165, 1.54) is 0 Å². The molecule has 0 bridgehead atoms. The zero-order valence-corrected chi connectivity index (χ0v) is 14.2. The van der Waals surface area contributed by atoms with Crippen molar-refractivity contribution in [3.8, 4) is 0 Å². The summed E-state index contributed by atoms with van der Waals surface area (Å²) < 4.78 is 5.88. The Morgan fingerprint density at radius 1 is 1.33 bits per heavy atom. The lowest BCUT2D eigenvalue weighted by Gasteiger charge is -2.33. The highest BCUT2D eigenvalue weighted by molar-refractivity contribution is 5.83. The van der Waals surface area contributed by atoms with Crippen LogP contribution >= 0.6 is 0 Å². The molecule has 2 aliphatic rings. The fourth-order valence-corrected chi connectivity index (χ4v) is 4.12. The Kier molecular flexibility index (Phi) is 4.06. The number of hydrogen-bond acceptors (Lipinski definition) is 4. The van der Waals surface area contributed by atoms with E-state index in [9.17, 15) is 4.79 Å². The summed E-state index contributed by atoms with van der Waals surface area (Å²) in [4.78, 5) is 12.5. The van der Waals surface area contributed by atoms with E-state index in [2.05, 4.69) is 22.0 Å². The number of para-hydroxylation sites is 1. The van der Waals surface area contributed by atoms with Gasteiger partial charge in [-0.15, -0.1) is 0 Å². The molecule has 5 nitrogen and oxygen atoms in total. The Bertz CT molecular complexity index is 746. The van der Waals surface area contributed by atoms with Crippen LogP contribution in [-0.4, -0.2) is 31.6 Å². The lowest BCUT2D eigenvalue weighted by atomic mass is 9.77. The van der Waals surface area contributed by atoms with Crippen LogP contribution in [0.25, 0.3) is 11.0 Å². The van der Waals surface area contributed by atoms with E-state index in [1.54, 1.807) is 0 Å². The van der Waals surface area contributed by atoms with Gasteiger partial charge in [-0.05, 0) is 50.8 Å². The topological polar surface area (TPSA) is 66.3 Å². The number of fused-ring (bicyclic) bond motifs is 1. The normalized spacial score (nSPS) is 23.0. The molecule has 1 amide bonds. The van der Waals surface area contributed by atoms with Gasteiger partial charge < -0.3 is 20.4 Å². The molecule has 5 heteroatoms. The predicted molar refractivity (Wildman–Crippen MR) is 93.7 cm³/mol. The van der Waals surface area contributed by atoms with Crippen molar-refractivity contribution in [2.45, 2.75) is 38.8 Å². The molecule has 0 aliphatic carbocycles. The number of aryl methyl sites for hydroxylation is 1. The highest BCUT2D eigenvalue weighted by Gasteiger charge is 2.42. The van der Waals surface area contributed by atoms with E-state index in [1.807, 2.05) is 25.1 Å². The lowest BCUT2D eigenvalue weighted by Crippen LogP contribution is -2.40. The van der Waals surface area contributed by atoms with Gasteiger partial charge in [-0.1, -0.05) is 18.2 Å². The fraction of sp³-hybridized carbons (Fsp3) is 0.526. The van der Waals surface area contributed by atoms with E-state index in [0.29, 0.717) is 12.0 Å². The first kappa shape index (κ1) is 15.7. The van der Waals surface area contributed by atoms with Crippen molar-refractivity contribution in [3.63, 3.8) is 0 Å². The molecule has 4 rings (SSSR count). The molecule has 2 aliphatic heterocycles. The molecule has 3 N–H and O–H groups in total. The SMILES string of the molecule is Cc1c(CNC(=O)C2CC3(CCNCC3)CN2)oc2ccccc12. The van der Waals surface area contributed by atoms with Crippen LogP contribution in [0.1, 0.15) is 30.6 Å². The first-order chi connectivity index (χ1) is 11.7. The first-order valence-electron chi connectivity index (χ1n) is 8.86. The summed E-state index contributed by atoms with van der Waals surface area (Å²) >= 11 is 0. The zero-order valence-electron chi connectivity index (χ0n) is 14.2. The van der Waals surface area contributed by atoms with Crippen molar-refractivity contribution < 1.29 is 9.21 Å². The third-order valence-electron chi connectivity index (χ3n) is 5.71. The van der Waals surface area contributed by atoms with E-state index >= 15 is 0 Å². The minimum Gasteiger partial charge on any atom is -0.459 e. The number of rotatable bonds is 3. The monoisotopic (exact) mass is 327 g/mol. The molecule has 1 unspecified atom stereocenters. The third-order valence-corrected chi connectivity index (χ3v) is 5.71. The molecular formula is C19H25N3O2. The standard InChI is InChI=1S/C19H25N3O2/c1-13-14-4-2-3-5-16(14)24-17(13)11-21-18(23)15-10-19(12-22-15)6-8-20-9-7-19/h2-5,15,20,22H,6-12H2,1H3,(H,21,23). The lowest BCUT2D eigenvalue weighted by molar-refractivity contribution is -0.123. The Balaban J connectivity index is 1.39. The summed E-state index contributed by atoms with van der Waals surface area (Å²) in [6, 6.07) is 7.92. The molecular weight excluding hydrogens is 302 g/mol. The number of furan rings is 1. The molecule has 1 aromatic carbocycles. The molecule has 2 saturated heterocycles. The largest absolute Gasteiger partial charge is 0.459 e. The maximum Gasteiger partial charge on any atom is 0.237 e. The number of nitrogens with one attached hydrogen (secondary N) is 3. The van der Waals surface area contributed by atoms with Gasteiger partial charge >= 0.3 is 0 Å². The highest BCUT2D eigenvalue weighted by atomic mass is 16.3. The zero-order chi connectivity index (χ0) is 16.6. The molecule has 1 spiro atoms. The van der Waals surface area contributed by atoms with Gasteiger partial charge in [0.2, 0.25) is 5.91 Å². The van der Waals surface area contributed by atoms with Crippen LogP contribution in [0.3, 0.4) is 0 Å². The van der Waals surface area contributed by atoms with Crippen LogP contribution in [0.2, 0.25) is 0 Å². The molecule has 128 valence electrons. The second kappa shape index (κ2) is 6.22. The Morgan fingerprint density at radius 3 is 2.92 bits per heavy atom. The summed E-state index contributed by atoms with van der Waals surface area (Å²) in [7, 11) is 0. The quantitative estimate of drug-likeness (QED) is 0.808. The Morgan fingerprint density at radius 2 is 2.12 bits per heavy atom. The number of piperidine rings is 1. The van der Waals surface area contributed by atoms with E-state index in [0.717, 1.165) is 61.2 Å². The number of carbonyl (C=O) groups excluding carboxylic acids is 1. The second-order valence-electron chi connectivity index (χ2n) is 7.25. The van der Waals surface area contributed by atoms with Gasteiger partial charge in [-0.2, -0.15) is 0 Å². The molecule has 1 atom stereocenters. The average Bonchev–Trinajstić information content (AvgIpc) is 3.16. The summed E-state index contributed by atoms with van der Waals surface area (Å²) in [5, 5.41) is 11.0. The van der Waals surface area contributed by atoms with Crippen LogP contribution in [0.15, 0.2) is 28.7 Å². The Labute approximate surface area is 142 Å². The van der Waals surface area contributed by atoms with Crippen LogP contribution in [-0.2, 0) is 11.3 Å². The smallest absolute Gasteiger partial charge is 0.237 e. The molecule has 1 aromatic heterocycles. The summed E-state index contributed by atoms with van der Waals surface area (Å²) in [5.74, 6) is 0.935. The molecule has 24 heavy (non-hydrogen) atoms. The molecule has 2 aromatic rings. The van der Waals surface area contributed by atoms with E-state index in [-0.39, 0.29) is 11.9 Å². The molecule has 2 fully saturated rings. The number of carbonyl (C=O) groups is 1. The van der Waals surface area contributed by atoms with Crippen molar-refractivity contribution in [3.05, 3.63) is 35.6 Å². The summed E-state index contributed by atoms with van der Waals surface area (Å²) in [6.07, 6.45) is 3.26. The maximum atomic E-state index is 12.5. The van der Waals surface area contributed by atoms with Crippen molar-refractivity contribution in [2.75, 3.05) is 19.6 Å². The van der Waals surface area contributed by atoms with Crippen LogP contribution < -0.4 is 16.0 Å². The van der Waals surface area contributed by atoms with E-state index in [4.69, 9.17) is 4.42 Å². The van der Waals surface area contributed by atoms with Crippen LogP contribution in [0.5, 0.6) is 0 Å². The van der Waals surface area contributed by atoms with Gasteiger partial charge in [0, 0.05) is 17.5 Å². The van der Waals surface area contributed by atoms with Crippen molar-refractivity contribution in [1.29, 1.82) is 0 Å². The number of hydrogen-bond donors (Lipinski definition) is 3. The number of amides is 1. The molecule has 3 heterocycles. The summed E-state index contributed by atoms with van der Waals surface area (Å²) in [6.45, 7) is 5.58. The van der Waals surface area contributed by atoms with Crippen LogP contribution in [0, 0.1) is 12.3 Å². The van der Waals surface area contributed by atoms with Gasteiger partial charge in [-0.25, -0.2) is 0 Å². The average molecular weight is 327 g/mol. The predicted octanol–water partition coefficient (Wildman–Crippen LogP) is 2.09. The fourth-order valence-electron chi connectivity index (χ4n) is 4.12. The van der Waals surface area contributed by atoms with Crippen molar-refractivity contribution >= 4 is 16.9 Å². The van der Waals surface area contributed by atoms with Crippen molar-refractivity contribution in [2.24, 2.45) is 5.41 Å². The number of benzene rings is 1. The van der Waals surface area contributed by atoms with Gasteiger partial charge in [0.1, 0.15) is 11.3 Å². The van der Waals surface area contributed by atoms with Crippen LogP contribution in [0.4, 0.5) is 0 Å². The van der Waals surface area contributed by atoms with Gasteiger partial charge in [0.15, 0.2) is 0 Å². The van der Waals surface area contributed by atoms with Gasteiger partial charge in [0.05, 0.1) is 12.6 Å². The van der Waals surface area contributed by atoms with Gasteiger partial charge in [0.25, 0.3) is 0 Å². The van der Waals surface area contributed by atoms with Crippen molar-refractivity contribution in [1.82, 2.24) is 16.0 Å². The highest BCUT2D eigenvalue weighted by Crippen LogP contribution is 2.37. The Hall–Kier alpha value is -1.85. The minimum atomic E-state index is -0.0761. The second-order valence-corrected chi connectivity index (χ2v) is 7.25. The summed E-state index contributed by atoms with van der Waals surface area (Å²) in [5.41, 5.74) is 2.30. The molecule has 0 saturated carbocycles. The minimum absolute atomic E-state index is 0.0761. The molecule has 0 radical (unpaired) electrons.